The molecule has 0 N–H and O–H groups in total. The monoisotopic (exact) mass is 710 g/mol. The molecule has 0 aliphatic heterocycles. The highest BCUT2D eigenvalue weighted by atomic mass is 16.6. The molecule has 0 aromatic heterocycles. The molecule has 50 heavy (non-hydrogen) atoms. The van der Waals surface area contributed by atoms with Crippen LogP contribution in [0.1, 0.15) is 162 Å². The summed E-state index contributed by atoms with van der Waals surface area (Å²) in [7, 11) is 3.89. The first-order chi connectivity index (χ1) is 22.4. The van der Waals surface area contributed by atoms with E-state index >= 15 is 0 Å². The van der Waals surface area contributed by atoms with Gasteiger partial charge < -0.3 is 19.1 Å². The SMILES string of the molecule is CCC(C)(CC(C)(C)C(OC(=O)CCCN(C)C)C(C)(C)CC(C)(C)C(=O)CC(=O)OC(C)(C)C(C)C)C(=O)CC(=O)OC(C)(CC)C(C)C. The molecule has 9 heteroatoms. The molecule has 3 unspecified atom stereocenters. The molecule has 0 rings (SSSR count). The molecule has 0 radical (unpaired) electrons. The molecule has 0 heterocycles. The highest BCUT2D eigenvalue weighted by Gasteiger charge is 2.51. The second-order valence-electron chi connectivity index (χ2n) is 18.6. The van der Waals surface area contributed by atoms with E-state index in [1.165, 1.54) is 0 Å². The Labute approximate surface area is 305 Å². The van der Waals surface area contributed by atoms with Crippen LogP contribution in [0.5, 0.6) is 0 Å². The minimum Gasteiger partial charge on any atom is -0.461 e. The van der Waals surface area contributed by atoms with Crippen molar-refractivity contribution in [3.63, 3.8) is 0 Å². The van der Waals surface area contributed by atoms with Gasteiger partial charge in [-0.15, -0.1) is 0 Å². The van der Waals surface area contributed by atoms with Crippen LogP contribution in [0.4, 0.5) is 0 Å². The van der Waals surface area contributed by atoms with Gasteiger partial charge >= 0.3 is 17.9 Å². The topological polar surface area (TPSA) is 116 Å². The average Bonchev–Trinajstić information content (AvgIpc) is 2.93. The van der Waals surface area contributed by atoms with Crippen LogP contribution in [-0.4, -0.2) is 72.3 Å². The summed E-state index contributed by atoms with van der Waals surface area (Å²) in [6.07, 6.45) is 1.21. The summed E-state index contributed by atoms with van der Waals surface area (Å²) in [5.74, 6) is -1.75. The number of Topliss-reactive ketones (excluding diaryl/α,β-unsaturated/α-hetero) is 2. The lowest BCUT2D eigenvalue weighted by atomic mass is 9.59. The van der Waals surface area contributed by atoms with Crippen LogP contribution >= 0.6 is 0 Å². The minimum absolute atomic E-state index is 0.0757. The number of nitrogens with zero attached hydrogens (tertiary/aromatic N) is 1. The normalized spacial score (nSPS) is 16.1. The fourth-order valence-corrected chi connectivity index (χ4v) is 7.01. The zero-order chi connectivity index (χ0) is 39.7. The van der Waals surface area contributed by atoms with Crippen molar-refractivity contribution in [2.75, 3.05) is 20.6 Å². The first-order valence-electron chi connectivity index (χ1n) is 18.8. The van der Waals surface area contributed by atoms with Gasteiger partial charge in [-0.3, -0.25) is 24.0 Å². The molecule has 3 atom stereocenters. The maximum atomic E-state index is 13.9. The number of carbonyl (C=O) groups excluding carboxylic acids is 5. The van der Waals surface area contributed by atoms with E-state index in [9.17, 15) is 24.0 Å². The van der Waals surface area contributed by atoms with Crippen molar-refractivity contribution < 1.29 is 38.2 Å². The molecule has 0 aliphatic rings. The van der Waals surface area contributed by atoms with Crippen LogP contribution in [0.2, 0.25) is 0 Å². The van der Waals surface area contributed by atoms with E-state index in [1.807, 2.05) is 130 Å². The Morgan fingerprint density at radius 2 is 1.10 bits per heavy atom. The molecular weight excluding hydrogens is 634 g/mol. The van der Waals surface area contributed by atoms with E-state index in [1.54, 1.807) is 0 Å². The predicted molar refractivity (Wildman–Crippen MR) is 201 cm³/mol. The number of ether oxygens (including phenoxy) is 3. The van der Waals surface area contributed by atoms with Crippen LogP contribution in [0.15, 0.2) is 0 Å². The average molecular weight is 710 g/mol. The first kappa shape index (κ1) is 47.7. The number of esters is 3. The van der Waals surface area contributed by atoms with E-state index in [0.717, 1.165) is 6.54 Å². The molecule has 0 saturated carbocycles. The predicted octanol–water partition coefficient (Wildman–Crippen LogP) is 8.78. The van der Waals surface area contributed by atoms with Gasteiger partial charge in [-0.1, -0.05) is 90.0 Å². The lowest BCUT2D eigenvalue weighted by Gasteiger charge is -2.48. The molecule has 0 bridgehead atoms. The van der Waals surface area contributed by atoms with Gasteiger partial charge in [0.2, 0.25) is 0 Å². The number of carbonyl (C=O) groups is 5. The molecule has 0 aromatic carbocycles. The van der Waals surface area contributed by atoms with Crippen LogP contribution in [0, 0.1) is 33.5 Å². The van der Waals surface area contributed by atoms with Gasteiger partial charge in [-0.25, -0.2) is 0 Å². The summed E-state index contributed by atoms with van der Waals surface area (Å²) in [6, 6.07) is 0. The van der Waals surface area contributed by atoms with E-state index in [0.29, 0.717) is 32.1 Å². The van der Waals surface area contributed by atoms with Crippen molar-refractivity contribution in [1.29, 1.82) is 0 Å². The smallest absolute Gasteiger partial charge is 0.313 e. The molecule has 0 aromatic rings. The fraction of sp³-hybridized carbons (Fsp3) is 0.878. The van der Waals surface area contributed by atoms with E-state index in [2.05, 4.69) is 0 Å². The van der Waals surface area contributed by atoms with E-state index in [4.69, 9.17) is 14.2 Å². The van der Waals surface area contributed by atoms with Crippen molar-refractivity contribution in [2.24, 2.45) is 33.5 Å². The summed E-state index contributed by atoms with van der Waals surface area (Å²) < 4.78 is 17.9. The van der Waals surface area contributed by atoms with Gasteiger partial charge in [0.25, 0.3) is 0 Å². The van der Waals surface area contributed by atoms with Gasteiger partial charge in [-0.05, 0) is 85.4 Å². The van der Waals surface area contributed by atoms with Crippen LogP contribution < -0.4 is 0 Å². The maximum Gasteiger partial charge on any atom is 0.313 e. The summed E-state index contributed by atoms with van der Waals surface area (Å²) in [5.41, 5.74) is -4.74. The second-order valence-corrected chi connectivity index (χ2v) is 18.6. The van der Waals surface area contributed by atoms with Gasteiger partial charge in [0, 0.05) is 28.1 Å². The third kappa shape index (κ3) is 14.4. The van der Waals surface area contributed by atoms with Gasteiger partial charge in [0.15, 0.2) is 0 Å². The Kier molecular flexibility index (Phi) is 17.6. The number of ketones is 2. The molecule has 0 fully saturated rings. The Morgan fingerprint density at radius 3 is 1.54 bits per heavy atom. The van der Waals surface area contributed by atoms with Crippen LogP contribution in [0.3, 0.4) is 0 Å². The summed E-state index contributed by atoms with van der Waals surface area (Å²) in [5, 5.41) is 0. The van der Waals surface area contributed by atoms with Crippen molar-refractivity contribution in [3.05, 3.63) is 0 Å². The molecule has 0 saturated heterocycles. The third-order valence-corrected chi connectivity index (χ3v) is 11.3. The number of hydrogen-bond acceptors (Lipinski definition) is 9. The van der Waals surface area contributed by atoms with Crippen LogP contribution in [0.25, 0.3) is 0 Å². The van der Waals surface area contributed by atoms with Crippen molar-refractivity contribution in [2.45, 2.75) is 179 Å². The van der Waals surface area contributed by atoms with Crippen molar-refractivity contribution >= 4 is 29.5 Å². The summed E-state index contributed by atoms with van der Waals surface area (Å²) >= 11 is 0. The lowest BCUT2D eigenvalue weighted by molar-refractivity contribution is -0.172. The highest BCUT2D eigenvalue weighted by Crippen LogP contribution is 2.50. The quantitative estimate of drug-likeness (QED) is 0.0583. The molecule has 9 nitrogen and oxygen atoms in total. The fourth-order valence-electron chi connectivity index (χ4n) is 7.01. The Balaban J connectivity index is 6.46. The van der Waals surface area contributed by atoms with E-state index < -0.39 is 50.9 Å². The second kappa shape index (κ2) is 18.5. The maximum absolute atomic E-state index is 13.9. The summed E-state index contributed by atoms with van der Waals surface area (Å²) in [4.78, 5) is 68.8. The van der Waals surface area contributed by atoms with Gasteiger partial charge in [0.05, 0.1) is 0 Å². The van der Waals surface area contributed by atoms with Crippen molar-refractivity contribution in [3.8, 4) is 0 Å². The zero-order valence-corrected chi connectivity index (χ0v) is 35.3. The highest BCUT2D eigenvalue weighted by molar-refractivity contribution is 5.99. The first-order valence-corrected chi connectivity index (χ1v) is 18.8. The minimum atomic E-state index is -0.952. The molecule has 0 amide bonds. The third-order valence-electron chi connectivity index (χ3n) is 11.3. The number of hydrogen-bond donors (Lipinski definition) is 0. The molecule has 292 valence electrons. The zero-order valence-electron chi connectivity index (χ0n) is 35.3. The van der Waals surface area contributed by atoms with Gasteiger partial charge in [-0.2, -0.15) is 0 Å². The Bertz CT molecular complexity index is 1170. The summed E-state index contributed by atoms with van der Waals surface area (Å²) in [6.45, 7) is 31.5. The van der Waals surface area contributed by atoms with Gasteiger partial charge in [0.1, 0.15) is 41.7 Å². The van der Waals surface area contributed by atoms with E-state index in [-0.39, 0.29) is 48.6 Å². The number of rotatable bonds is 23. The molecule has 0 aliphatic carbocycles. The molecule has 0 spiro atoms. The largest absolute Gasteiger partial charge is 0.461 e. The Hall–Kier alpha value is -2.29. The standard InChI is InChI=1S/C41H75NO8/c1-19-40(15,31(44)25-34(47)50-41(16,20-2)29(5)6)27-38(11,12)35(48-32(45)22-21-23-42(17)18)37(9,10)26-36(7,8)30(43)24-33(46)49-39(13,14)28(3)4/h28-29,35H,19-27H2,1-18H3. The van der Waals surface area contributed by atoms with Crippen molar-refractivity contribution in [1.82, 2.24) is 4.90 Å². The van der Waals surface area contributed by atoms with Crippen LogP contribution in [-0.2, 0) is 38.2 Å². The Morgan fingerprint density at radius 1 is 0.620 bits per heavy atom. The lowest BCUT2D eigenvalue weighted by Crippen LogP contribution is -2.50. The molecular formula is C41H75NO8.